The van der Waals surface area contributed by atoms with Crippen molar-refractivity contribution < 1.29 is 14.1 Å². The van der Waals surface area contributed by atoms with Gasteiger partial charge in [-0.25, -0.2) is 0 Å². The Labute approximate surface area is 106 Å². The molecular formula is C12H19N3O3. The summed E-state index contributed by atoms with van der Waals surface area (Å²) in [5.41, 5.74) is -0.565. The van der Waals surface area contributed by atoms with Gasteiger partial charge in [-0.15, -0.1) is 0 Å². The molecule has 0 atom stereocenters. The van der Waals surface area contributed by atoms with Gasteiger partial charge in [0.2, 0.25) is 5.91 Å². The molecule has 6 nitrogen and oxygen atoms in total. The fourth-order valence-corrected chi connectivity index (χ4v) is 2.11. The number of amides is 1. The van der Waals surface area contributed by atoms with E-state index in [9.17, 15) is 4.79 Å². The first kappa shape index (κ1) is 13.0. The highest BCUT2D eigenvalue weighted by molar-refractivity contribution is 5.73. The molecule has 2 rings (SSSR count). The molecule has 0 bridgehead atoms. The molecule has 0 aromatic carbocycles. The predicted molar refractivity (Wildman–Crippen MR) is 63.9 cm³/mol. The van der Waals surface area contributed by atoms with Crippen LogP contribution in [0.3, 0.4) is 0 Å². The monoisotopic (exact) mass is 253 g/mol. The van der Waals surface area contributed by atoms with Crippen molar-refractivity contribution in [2.24, 2.45) is 0 Å². The molecule has 18 heavy (non-hydrogen) atoms. The minimum atomic E-state index is -0.565. The van der Waals surface area contributed by atoms with Gasteiger partial charge in [-0.2, -0.15) is 4.98 Å². The maximum absolute atomic E-state index is 11.4. The Morgan fingerprint density at radius 1 is 1.39 bits per heavy atom. The van der Waals surface area contributed by atoms with Crippen molar-refractivity contribution in [1.82, 2.24) is 15.5 Å². The highest BCUT2D eigenvalue weighted by Crippen LogP contribution is 2.31. The summed E-state index contributed by atoms with van der Waals surface area (Å²) < 4.78 is 10.7. The van der Waals surface area contributed by atoms with Gasteiger partial charge in [0, 0.05) is 38.9 Å². The Hall–Kier alpha value is -1.43. The highest BCUT2D eigenvalue weighted by atomic mass is 16.5. The Kier molecular flexibility index (Phi) is 3.65. The Morgan fingerprint density at radius 2 is 2.06 bits per heavy atom. The van der Waals surface area contributed by atoms with Crippen LogP contribution >= 0.6 is 0 Å². The van der Waals surface area contributed by atoms with Gasteiger partial charge in [0.15, 0.2) is 5.82 Å². The van der Waals surface area contributed by atoms with Gasteiger partial charge < -0.3 is 14.6 Å². The molecule has 6 heteroatoms. The fourth-order valence-electron chi connectivity index (χ4n) is 2.11. The topological polar surface area (TPSA) is 77.3 Å². The van der Waals surface area contributed by atoms with Gasteiger partial charge in [0.1, 0.15) is 5.54 Å². The first-order valence-corrected chi connectivity index (χ1v) is 6.24. The zero-order valence-electron chi connectivity index (χ0n) is 11.0. The van der Waals surface area contributed by atoms with Crippen molar-refractivity contribution in [2.75, 3.05) is 13.2 Å². The third-order valence-corrected chi connectivity index (χ3v) is 3.13. The minimum absolute atomic E-state index is 0.0961. The van der Waals surface area contributed by atoms with Crippen molar-refractivity contribution in [3.63, 3.8) is 0 Å². The molecule has 2 heterocycles. The Balaban J connectivity index is 2.29. The molecule has 0 saturated carbocycles. The number of hydrogen-bond acceptors (Lipinski definition) is 5. The van der Waals surface area contributed by atoms with Crippen LogP contribution in [0.15, 0.2) is 4.52 Å². The molecule has 1 amide bonds. The van der Waals surface area contributed by atoms with Gasteiger partial charge in [0.25, 0.3) is 5.89 Å². The SMILES string of the molecule is CC(=O)NC1(c2nc(C(C)C)no2)CCOCC1. The second-order valence-electron chi connectivity index (χ2n) is 4.99. The number of ether oxygens (including phenoxy) is 1. The smallest absolute Gasteiger partial charge is 0.252 e. The maximum Gasteiger partial charge on any atom is 0.252 e. The van der Waals surface area contributed by atoms with E-state index in [0.29, 0.717) is 37.8 Å². The minimum Gasteiger partial charge on any atom is -0.381 e. The van der Waals surface area contributed by atoms with Crippen molar-refractivity contribution >= 4 is 5.91 Å². The lowest BCUT2D eigenvalue weighted by molar-refractivity contribution is -0.123. The second kappa shape index (κ2) is 5.06. The molecule has 1 aliphatic rings. The Bertz CT molecular complexity index is 422. The molecule has 0 spiro atoms. The number of hydrogen-bond donors (Lipinski definition) is 1. The molecule has 0 radical (unpaired) electrons. The number of nitrogens with one attached hydrogen (secondary N) is 1. The first-order chi connectivity index (χ1) is 8.53. The van der Waals surface area contributed by atoms with E-state index in [0.717, 1.165) is 0 Å². The standard InChI is InChI=1S/C12H19N3O3/c1-8(2)10-13-11(18-15-10)12(14-9(3)16)4-6-17-7-5-12/h8H,4-7H2,1-3H3,(H,14,16). The summed E-state index contributed by atoms with van der Waals surface area (Å²) in [7, 11) is 0. The largest absolute Gasteiger partial charge is 0.381 e. The molecule has 1 saturated heterocycles. The summed E-state index contributed by atoms with van der Waals surface area (Å²) in [6, 6.07) is 0. The van der Waals surface area contributed by atoms with Gasteiger partial charge >= 0.3 is 0 Å². The van der Waals surface area contributed by atoms with Gasteiger partial charge in [-0.1, -0.05) is 19.0 Å². The summed E-state index contributed by atoms with van der Waals surface area (Å²) >= 11 is 0. The average molecular weight is 253 g/mol. The van der Waals surface area contributed by atoms with Crippen LogP contribution in [0.1, 0.15) is 51.2 Å². The number of carbonyl (C=O) groups excluding carboxylic acids is 1. The van der Waals surface area contributed by atoms with Gasteiger partial charge in [0.05, 0.1) is 0 Å². The molecule has 1 aromatic rings. The summed E-state index contributed by atoms with van der Waals surface area (Å²) in [5.74, 6) is 1.27. The Morgan fingerprint density at radius 3 is 2.56 bits per heavy atom. The molecule has 0 aliphatic carbocycles. The molecule has 1 aromatic heterocycles. The normalized spacial score (nSPS) is 18.9. The van der Waals surface area contributed by atoms with E-state index in [1.807, 2.05) is 13.8 Å². The lowest BCUT2D eigenvalue weighted by Gasteiger charge is -2.34. The number of rotatable bonds is 3. The third-order valence-electron chi connectivity index (χ3n) is 3.13. The van der Waals surface area contributed by atoms with Crippen LogP contribution in [0.2, 0.25) is 0 Å². The lowest BCUT2D eigenvalue weighted by atomic mass is 9.89. The molecule has 1 fully saturated rings. The van der Waals surface area contributed by atoms with Gasteiger partial charge in [-0.3, -0.25) is 4.79 Å². The third kappa shape index (κ3) is 2.53. The number of carbonyl (C=O) groups is 1. The van der Waals surface area contributed by atoms with Crippen LogP contribution < -0.4 is 5.32 Å². The quantitative estimate of drug-likeness (QED) is 0.879. The van der Waals surface area contributed by atoms with E-state index in [1.54, 1.807) is 0 Å². The average Bonchev–Trinajstić information content (AvgIpc) is 2.79. The van der Waals surface area contributed by atoms with E-state index in [4.69, 9.17) is 9.26 Å². The summed E-state index contributed by atoms with van der Waals surface area (Å²) in [6.45, 7) is 6.67. The highest BCUT2D eigenvalue weighted by Gasteiger charge is 2.40. The van der Waals surface area contributed by atoms with Crippen LogP contribution in [-0.2, 0) is 15.1 Å². The van der Waals surface area contributed by atoms with E-state index in [1.165, 1.54) is 6.92 Å². The van der Waals surface area contributed by atoms with Crippen molar-refractivity contribution in [3.8, 4) is 0 Å². The number of nitrogens with zero attached hydrogens (tertiary/aromatic N) is 2. The van der Waals surface area contributed by atoms with E-state index in [-0.39, 0.29) is 11.8 Å². The van der Waals surface area contributed by atoms with E-state index < -0.39 is 5.54 Å². The fraction of sp³-hybridized carbons (Fsp3) is 0.750. The van der Waals surface area contributed by atoms with Crippen molar-refractivity contribution in [1.29, 1.82) is 0 Å². The summed E-state index contributed by atoms with van der Waals surface area (Å²) in [6.07, 6.45) is 1.32. The van der Waals surface area contributed by atoms with Crippen LogP contribution in [0, 0.1) is 0 Å². The molecule has 100 valence electrons. The van der Waals surface area contributed by atoms with E-state index >= 15 is 0 Å². The predicted octanol–water partition coefficient (Wildman–Crippen LogP) is 1.33. The summed E-state index contributed by atoms with van der Waals surface area (Å²) in [4.78, 5) is 15.8. The van der Waals surface area contributed by atoms with Crippen LogP contribution in [0.5, 0.6) is 0 Å². The molecule has 1 aliphatic heterocycles. The molecule has 0 unspecified atom stereocenters. The number of aromatic nitrogens is 2. The zero-order valence-corrected chi connectivity index (χ0v) is 11.0. The van der Waals surface area contributed by atoms with Crippen LogP contribution in [0.25, 0.3) is 0 Å². The van der Waals surface area contributed by atoms with Crippen LogP contribution in [-0.4, -0.2) is 29.3 Å². The van der Waals surface area contributed by atoms with Gasteiger partial charge in [-0.05, 0) is 0 Å². The lowest BCUT2D eigenvalue weighted by Crippen LogP contribution is -2.49. The summed E-state index contributed by atoms with van der Waals surface area (Å²) in [5, 5.41) is 6.91. The molecular weight excluding hydrogens is 234 g/mol. The second-order valence-corrected chi connectivity index (χ2v) is 4.99. The zero-order chi connectivity index (χ0) is 13.2. The first-order valence-electron chi connectivity index (χ1n) is 6.24. The van der Waals surface area contributed by atoms with E-state index in [2.05, 4.69) is 15.5 Å². The van der Waals surface area contributed by atoms with Crippen LogP contribution in [0.4, 0.5) is 0 Å². The maximum atomic E-state index is 11.4. The van der Waals surface area contributed by atoms with Crippen molar-refractivity contribution in [3.05, 3.63) is 11.7 Å². The van der Waals surface area contributed by atoms with Crippen molar-refractivity contribution in [2.45, 2.75) is 45.1 Å². The molecule has 1 N–H and O–H groups in total.